The fourth-order valence-electron chi connectivity index (χ4n) is 3.27. The van der Waals surface area contributed by atoms with Crippen LogP contribution in [0.5, 0.6) is 0 Å². The molecule has 0 bridgehead atoms. The predicted octanol–water partition coefficient (Wildman–Crippen LogP) is 3.39. The number of amides is 1. The Morgan fingerprint density at radius 3 is 2.67 bits per heavy atom. The van der Waals surface area contributed by atoms with E-state index in [1.54, 1.807) is 0 Å². The van der Waals surface area contributed by atoms with Crippen LogP contribution in [-0.2, 0) is 4.79 Å². The number of nitrogens with two attached hydrogens (primary N) is 1. The largest absolute Gasteiger partial charge is 0.373 e. The summed E-state index contributed by atoms with van der Waals surface area (Å²) in [6.45, 7) is 6.04. The molecule has 0 radical (unpaired) electrons. The Bertz CT molecular complexity index is 548. The van der Waals surface area contributed by atoms with E-state index in [2.05, 4.69) is 25.2 Å². The molecule has 1 aliphatic carbocycles. The highest BCUT2D eigenvalue weighted by Crippen LogP contribution is 2.31. The molecule has 3 atom stereocenters. The second kappa shape index (κ2) is 6.29. The Kier molecular flexibility index (Phi) is 4.66. The first-order valence-corrected chi connectivity index (χ1v) is 7.35. The quantitative estimate of drug-likeness (QED) is 0.835. The number of hydrogen-bond acceptors (Lipinski definition) is 2. The molecule has 3 unspecified atom stereocenters. The lowest BCUT2D eigenvalue weighted by Crippen LogP contribution is -2.43. The van der Waals surface area contributed by atoms with Crippen molar-refractivity contribution in [3.63, 3.8) is 0 Å². The summed E-state index contributed by atoms with van der Waals surface area (Å²) < 4.78 is 13.5. The van der Waals surface area contributed by atoms with E-state index in [0.717, 1.165) is 18.4 Å². The highest BCUT2D eigenvalue weighted by atomic mass is 19.1. The second-order valence-electron chi connectivity index (χ2n) is 6.23. The molecule has 2 rings (SSSR count). The van der Waals surface area contributed by atoms with Crippen molar-refractivity contribution in [1.82, 2.24) is 0 Å². The maximum Gasteiger partial charge on any atom is 0.240 e. The molecule has 4 heteroatoms. The number of anilines is 1. The van der Waals surface area contributed by atoms with Gasteiger partial charge in [0.1, 0.15) is 11.9 Å². The van der Waals surface area contributed by atoms with Gasteiger partial charge in [-0.15, -0.1) is 0 Å². The fourth-order valence-corrected chi connectivity index (χ4v) is 3.27. The van der Waals surface area contributed by atoms with Crippen LogP contribution >= 0.6 is 0 Å². The average Bonchev–Trinajstić information content (AvgIpc) is 2.33. The van der Waals surface area contributed by atoms with Crippen molar-refractivity contribution in [2.24, 2.45) is 17.6 Å². The number of carbonyl (C=O) groups is 1. The van der Waals surface area contributed by atoms with E-state index in [-0.39, 0.29) is 17.6 Å². The number of primary amides is 1. The van der Waals surface area contributed by atoms with E-state index in [0.29, 0.717) is 11.6 Å². The first-order valence-electron chi connectivity index (χ1n) is 7.35. The Hall–Kier alpha value is -1.84. The molecule has 1 aromatic carbocycles. The SMILES string of the molecule is CC1=CC(C)CC(C(Nc2cc(C)cc(F)c2)C(N)=O)C1. The third kappa shape index (κ3) is 4.06. The predicted molar refractivity (Wildman–Crippen MR) is 83.4 cm³/mol. The summed E-state index contributed by atoms with van der Waals surface area (Å²) in [5.74, 6) is -0.120. The molecule has 3 N–H and O–H groups in total. The minimum atomic E-state index is -0.475. The zero-order valence-electron chi connectivity index (χ0n) is 12.8. The van der Waals surface area contributed by atoms with Crippen LogP contribution in [0.15, 0.2) is 29.8 Å². The molecule has 0 saturated carbocycles. The van der Waals surface area contributed by atoms with Crippen LogP contribution < -0.4 is 11.1 Å². The van der Waals surface area contributed by atoms with E-state index in [1.807, 2.05) is 13.0 Å². The second-order valence-corrected chi connectivity index (χ2v) is 6.23. The molecular formula is C17H23FN2O. The highest BCUT2D eigenvalue weighted by Gasteiger charge is 2.30. The van der Waals surface area contributed by atoms with Crippen LogP contribution in [0.1, 0.15) is 32.3 Å². The van der Waals surface area contributed by atoms with Gasteiger partial charge in [0.05, 0.1) is 0 Å². The lowest BCUT2D eigenvalue weighted by molar-refractivity contribution is -0.119. The summed E-state index contributed by atoms with van der Waals surface area (Å²) in [5, 5.41) is 3.13. The van der Waals surface area contributed by atoms with Crippen molar-refractivity contribution in [3.05, 3.63) is 41.2 Å². The molecular weight excluding hydrogens is 267 g/mol. The third-order valence-electron chi connectivity index (χ3n) is 3.97. The molecule has 1 aromatic rings. The van der Waals surface area contributed by atoms with Gasteiger partial charge >= 0.3 is 0 Å². The molecule has 0 saturated heterocycles. The van der Waals surface area contributed by atoms with E-state index >= 15 is 0 Å². The van der Waals surface area contributed by atoms with Gasteiger partial charge in [-0.3, -0.25) is 4.79 Å². The lowest BCUT2D eigenvalue weighted by Gasteiger charge is -2.31. The topological polar surface area (TPSA) is 55.1 Å². The number of hydrogen-bond donors (Lipinski definition) is 2. The minimum absolute atomic E-state index is 0.145. The standard InChI is InChI=1S/C17H23FN2O/c1-10-4-11(2)6-13(5-10)16(17(19)21)20-15-8-12(3)7-14(18)9-15/h4,7-10,13,16,20H,5-6H2,1-3H3,(H2,19,21). The zero-order chi connectivity index (χ0) is 15.6. The van der Waals surface area contributed by atoms with Crippen LogP contribution in [0.4, 0.5) is 10.1 Å². The van der Waals surface area contributed by atoms with Crippen LogP contribution in [0.3, 0.4) is 0 Å². The molecule has 0 spiro atoms. The van der Waals surface area contributed by atoms with Gasteiger partial charge in [0, 0.05) is 5.69 Å². The number of benzene rings is 1. The average molecular weight is 290 g/mol. The van der Waals surface area contributed by atoms with Crippen molar-refractivity contribution in [2.45, 2.75) is 39.7 Å². The molecule has 21 heavy (non-hydrogen) atoms. The maximum atomic E-state index is 13.5. The van der Waals surface area contributed by atoms with Crippen molar-refractivity contribution >= 4 is 11.6 Å². The van der Waals surface area contributed by atoms with Crippen LogP contribution in [0, 0.1) is 24.6 Å². The fraction of sp³-hybridized carbons (Fsp3) is 0.471. The van der Waals surface area contributed by atoms with Gasteiger partial charge in [-0.2, -0.15) is 0 Å². The van der Waals surface area contributed by atoms with Gasteiger partial charge in [0.15, 0.2) is 0 Å². The Balaban J connectivity index is 2.20. The molecule has 1 amide bonds. The van der Waals surface area contributed by atoms with Gasteiger partial charge in [0.25, 0.3) is 0 Å². The van der Waals surface area contributed by atoms with Crippen molar-refractivity contribution in [3.8, 4) is 0 Å². The third-order valence-corrected chi connectivity index (χ3v) is 3.97. The first kappa shape index (κ1) is 15.5. The minimum Gasteiger partial charge on any atom is -0.373 e. The van der Waals surface area contributed by atoms with Crippen LogP contribution in [0.2, 0.25) is 0 Å². The molecule has 1 aliphatic rings. The molecule has 114 valence electrons. The highest BCUT2D eigenvalue weighted by molar-refractivity contribution is 5.83. The number of nitrogens with one attached hydrogen (secondary N) is 1. The Morgan fingerprint density at radius 2 is 2.10 bits per heavy atom. The number of carbonyl (C=O) groups excluding carboxylic acids is 1. The van der Waals surface area contributed by atoms with E-state index in [1.165, 1.54) is 17.7 Å². The monoisotopic (exact) mass is 290 g/mol. The first-order chi connectivity index (χ1) is 9.85. The Morgan fingerprint density at radius 1 is 1.38 bits per heavy atom. The Labute approximate surface area is 125 Å². The molecule has 0 fully saturated rings. The molecule has 0 heterocycles. The van der Waals surface area contributed by atoms with E-state index in [9.17, 15) is 9.18 Å². The normalized spacial score (nSPS) is 23.3. The zero-order valence-corrected chi connectivity index (χ0v) is 12.8. The van der Waals surface area contributed by atoms with Gasteiger partial charge in [-0.05, 0) is 62.3 Å². The number of rotatable bonds is 4. The number of aryl methyl sites for hydroxylation is 1. The summed E-state index contributed by atoms with van der Waals surface area (Å²) >= 11 is 0. The molecule has 0 aliphatic heterocycles. The maximum absolute atomic E-state index is 13.5. The van der Waals surface area contributed by atoms with Gasteiger partial charge in [0.2, 0.25) is 5.91 Å². The number of halogens is 1. The van der Waals surface area contributed by atoms with Crippen LogP contribution in [-0.4, -0.2) is 11.9 Å². The summed E-state index contributed by atoms with van der Waals surface area (Å²) in [6, 6.07) is 4.21. The van der Waals surface area contributed by atoms with E-state index in [4.69, 9.17) is 5.73 Å². The van der Waals surface area contributed by atoms with Gasteiger partial charge < -0.3 is 11.1 Å². The summed E-state index contributed by atoms with van der Waals surface area (Å²) in [7, 11) is 0. The van der Waals surface area contributed by atoms with E-state index < -0.39 is 6.04 Å². The van der Waals surface area contributed by atoms with Crippen LogP contribution in [0.25, 0.3) is 0 Å². The van der Waals surface area contributed by atoms with Crippen molar-refractivity contribution < 1.29 is 9.18 Å². The van der Waals surface area contributed by atoms with Gasteiger partial charge in [-0.25, -0.2) is 4.39 Å². The number of allylic oxidation sites excluding steroid dienone is 2. The summed E-state index contributed by atoms with van der Waals surface area (Å²) in [4.78, 5) is 11.8. The smallest absolute Gasteiger partial charge is 0.240 e. The van der Waals surface area contributed by atoms with Crippen molar-refractivity contribution in [2.75, 3.05) is 5.32 Å². The van der Waals surface area contributed by atoms with Gasteiger partial charge in [-0.1, -0.05) is 18.6 Å². The summed E-state index contributed by atoms with van der Waals surface area (Å²) in [5.41, 5.74) is 8.27. The lowest BCUT2D eigenvalue weighted by atomic mass is 9.79. The van der Waals surface area contributed by atoms with Crippen molar-refractivity contribution in [1.29, 1.82) is 0 Å². The molecule has 0 aromatic heterocycles. The molecule has 3 nitrogen and oxygen atoms in total. The summed E-state index contributed by atoms with van der Waals surface area (Å²) in [6.07, 6.45) is 3.99.